The smallest absolute Gasteiger partial charge is 0.227 e. The van der Waals surface area contributed by atoms with E-state index < -0.39 is 10.0 Å². The van der Waals surface area contributed by atoms with Crippen LogP contribution in [0.3, 0.4) is 0 Å². The lowest BCUT2D eigenvalue weighted by atomic mass is 9.97. The predicted molar refractivity (Wildman–Crippen MR) is 121 cm³/mol. The molecule has 8 heteroatoms. The van der Waals surface area contributed by atoms with Crippen LogP contribution in [-0.2, 0) is 20.6 Å². The average Bonchev–Trinajstić information content (AvgIpc) is 2.66. The van der Waals surface area contributed by atoms with Crippen LogP contribution in [0.4, 0.5) is 5.69 Å². The molecule has 1 N–H and O–H groups in total. The highest BCUT2D eigenvalue weighted by molar-refractivity contribution is 14.1. The van der Waals surface area contributed by atoms with Gasteiger partial charge in [-0.05, 0) is 77.7 Å². The minimum Gasteiger partial charge on any atom is -0.326 e. The normalized spacial score (nSPS) is 16.1. The highest BCUT2D eigenvalue weighted by Gasteiger charge is 2.31. The maximum atomic E-state index is 12.7. The number of halogens is 2. The molecule has 0 aliphatic carbocycles. The number of hydrogen-bond acceptors (Lipinski definition) is 3. The summed E-state index contributed by atoms with van der Waals surface area (Å²) in [5, 5.41) is 3.43. The third kappa shape index (κ3) is 5.25. The molecule has 1 aliphatic rings. The van der Waals surface area contributed by atoms with Crippen molar-refractivity contribution in [1.29, 1.82) is 0 Å². The van der Waals surface area contributed by atoms with Crippen LogP contribution in [0.2, 0.25) is 5.02 Å². The van der Waals surface area contributed by atoms with Crippen LogP contribution in [0.5, 0.6) is 0 Å². The molecule has 0 aromatic heterocycles. The van der Waals surface area contributed by atoms with Gasteiger partial charge in [0.05, 0.1) is 5.75 Å². The van der Waals surface area contributed by atoms with E-state index in [0.29, 0.717) is 36.5 Å². The number of sulfonamides is 1. The lowest BCUT2D eigenvalue weighted by molar-refractivity contribution is -0.120. The molecule has 150 valence electrons. The number of aryl methyl sites for hydroxylation is 1. The summed E-state index contributed by atoms with van der Waals surface area (Å²) in [5.74, 6) is -0.358. The molecule has 1 amide bonds. The van der Waals surface area contributed by atoms with Crippen LogP contribution in [0.1, 0.15) is 24.0 Å². The fourth-order valence-corrected chi connectivity index (χ4v) is 5.82. The Morgan fingerprint density at radius 2 is 1.89 bits per heavy atom. The van der Waals surface area contributed by atoms with Crippen molar-refractivity contribution in [2.24, 2.45) is 5.92 Å². The Labute approximate surface area is 184 Å². The van der Waals surface area contributed by atoms with Gasteiger partial charge >= 0.3 is 0 Å². The maximum absolute atomic E-state index is 12.7. The fraction of sp³-hybridized carbons (Fsp3) is 0.350. The standard InChI is InChI=1S/C20H22ClIN2O3S/c1-14-12-17(22)6-7-19(14)23-20(25)15-8-10-24(11-9-15)28(26,27)13-16-4-2-3-5-18(16)21/h2-7,12,15H,8-11,13H2,1H3,(H,23,25). The van der Waals surface area contributed by atoms with Gasteiger partial charge in [0.15, 0.2) is 0 Å². The molecule has 5 nitrogen and oxygen atoms in total. The molecule has 3 rings (SSSR count). The van der Waals surface area contributed by atoms with Crippen LogP contribution >= 0.6 is 34.2 Å². The summed E-state index contributed by atoms with van der Waals surface area (Å²) in [7, 11) is -3.46. The maximum Gasteiger partial charge on any atom is 0.227 e. The molecule has 1 saturated heterocycles. The number of anilines is 1. The first-order chi connectivity index (χ1) is 13.3. The molecule has 2 aromatic carbocycles. The number of nitrogens with one attached hydrogen (secondary N) is 1. The minimum absolute atomic E-state index is 0.0486. The molecular formula is C20H22ClIN2O3S. The zero-order valence-electron chi connectivity index (χ0n) is 15.5. The second kappa shape index (κ2) is 9.11. The van der Waals surface area contributed by atoms with Crippen molar-refractivity contribution in [3.63, 3.8) is 0 Å². The Kier molecular flexibility index (Phi) is 7.01. The Balaban J connectivity index is 1.59. The van der Waals surface area contributed by atoms with E-state index >= 15 is 0 Å². The summed E-state index contributed by atoms with van der Waals surface area (Å²) >= 11 is 8.33. The molecule has 0 radical (unpaired) electrons. The minimum atomic E-state index is -3.46. The number of carbonyl (C=O) groups excluding carboxylic acids is 1. The average molecular weight is 533 g/mol. The molecule has 0 saturated carbocycles. The zero-order chi connectivity index (χ0) is 20.3. The van der Waals surface area contributed by atoms with Gasteiger partial charge in [-0.2, -0.15) is 0 Å². The van der Waals surface area contributed by atoms with Crippen LogP contribution in [0, 0.1) is 16.4 Å². The molecule has 28 heavy (non-hydrogen) atoms. The van der Waals surface area contributed by atoms with Gasteiger partial charge in [-0.25, -0.2) is 12.7 Å². The lowest BCUT2D eigenvalue weighted by Crippen LogP contribution is -2.42. The molecule has 2 aromatic rings. The second-order valence-corrected chi connectivity index (χ2v) is 10.6. The van der Waals surface area contributed by atoms with Crippen molar-refractivity contribution in [1.82, 2.24) is 4.31 Å². The lowest BCUT2D eigenvalue weighted by Gasteiger charge is -2.30. The first-order valence-electron chi connectivity index (χ1n) is 9.04. The fourth-order valence-electron chi connectivity index (χ4n) is 3.30. The molecule has 1 heterocycles. The van der Waals surface area contributed by atoms with E-state index in [2.05, 4.69) is 27.9 Å². The topological polar surface area (TPSA) is 66.5 Å². The van der Waals surface area contributed by atoms with Crippen LogP contribution in [0.25, 0.3) is 0 Å². The van der Waals surface area contributed by atoms with E-state index in [1.807, 2.05) is 25.1 Å². The van der Waals surface area contributed by atoms with Gasteiger partial charge < -0.3 is 5.32 Å². The summed E-state index contributed by atoms with van der Waals surface area (Å²) in [4.78, 5) is 12.6. The SMILES string of the molecule is Cc1cc(I)ccc1NC(=O)C1CCN(S(=O)(=O)Cc2ccccc2Cl)CC1. The van der Waals surface area contributed by atoms with Gasteiger partial charge in [0.1, 0.15) is 0 Å². The molecule has 1 aliphatic heterocycles. The zero-order valence-corrected chi connectivity index (χ0v) is 19.2. The molecule has 0 unspecified atom stereocenters. The second-order valence-electron chi connectivity index (χ2n) is 6.97. The first-order valence-corrected chi connectivity index (χ1v) is 12.1. The third-order valence-electron chi connectivity index (χ3n) is 4.96. The van der Waals surface area contributed by atoms with Crippen molar-refractivity contribution in [2.45, 2.75) is 25.5 Å². The van der Waals surface area contributed by atoms with Crippen LogP contribution in [-0.4, -0.2) is 31.7 Å². The van der Waals surface area contributed by atoms with E-state index in [1.54, 1.807) is 24.3 Å². The molecular weight excluding hydrogens is 511 g/mol. The molecule has 0 atom stereocenters. The summed E-state index contributed by atoms with van der Waals surface area (Å²) < 4.78 is 28.0. The Morgan fingerprint density at radius 3 is 2.54 bits per heavy atom. The van der Waals surface area contributed by atoms with E-state index in [1.165, 1.54) is 4.31 Å². The highest BCUT2D eigenvalue weighted by atomic mass is 127. The third-order valence-corrected chi connectivity index (χ3v) is 7.83. The van der Waals surface area contributed by atoms with Gasteiger partial charge in [0.2, 0.25) is 15.9 Å². The summed E-state index contributed by atoms with van der Waals surface area (Å²) in [6.07, 6.45) is 1.02. The van der Waals surface area contributed by atoms with Gasteiger partial charge in [0.25, 0.3) is 0 Å². The Hall–Kier alpha value is -1.16. The Bertz CT molecular complexity index is 973. The predicted octanol–water partition coefficient (Wildman–Crippen LogP) is 4.43. The summed E-state index contributed by atoms with van der Waals surface area (Å²) in [6.45, 7) is 2.65. The van der Waals surface area contributed by atoms with Crippen molar-refractivity contribution in [2.75, 3.05) is 18.4 Å². The van der Waals surface area contributed by atoms with E-state index in [4.69, 9.17) is 11.6 Å². The number of carbonyl (C=O) groups is 1. The van der Waals surface area contributed by atoms with Gasteiger partial charge in [-0.3, -0.25) is 4.79 Å². The molecule has 0 bridgehead atoms. The van der Waals surface area contributed by atoms with Crippen LogP contribution in [0.15, 0.2) is 42.5 Å². The first kappa shape index (κ1) is 21.5. The highest BCUT2D eigenvalue weighted by Crippen LogP contribution is 2.26. The van der Waals surface area contributed by atoms with Gasteiger partial charge in [-0.15, -0.1) is 0 Å². The monoisotopic (exact) mass is 532 g/mol. The van der Waals surface area contributed by atoms with Crippen LogP contribution < -0.4 is 5.32 Å². The number of nitrogens with zero attached hydrogens (tertiary/aromatic N) is 1. The van der Waals surface area contributed by atoms with Gasteiger partial charge in [0, 0.05) is 33.3 Å². The number of amides is 1. The number of piperidine rings is 1. The Morgan fingerprint density at radius 1 is 1.21 bits per heavy atom. The molecule has 1 fully saturated rings. The van der Waals surface area contributed by atoms with Gasteiger partial charge in [-0.1, -0.05) is 29.8 Å². The van der Waals surface area contributed by atoms with Crippen molar-refractivity contribution < 1.29 is 13.2 Å². The van der Waals surface area contributed by atoms with Crippen molar-refractivity contribution >= 4 is 55.8 Å². The summed E-state index contributed by atoms with van der Waals surface area (Å²) in [5.41, 5.74) is 2.41. The summed E-state index contributed by atoms with van der Waals surface area (Å²) in [6, 6.07) is 12.8. The van der Waals surface area contributed by atoms with E-state index in [0.717, 1.165) is 14.8 Å². The number of hydrogen-bond donors (Lipinski definition) is 1. The number of benzene rings is 2. The van der Waals surface area contributed by atoms with E-state index in [9.17, 15) is 13.2 Å². The van der Waals surface area contributed by atoms with Crippen molar-refractivity contribution in [3.05, 3.63) is 62.2 Å². The molecule has 0 spiro atoms. The van der Waals surface area contributed by atoms with Crippen molar-refractivity contribution in [3.8, 4) is 0 Å². The van der Waals surface area contributed by atoms with E-state index in [-0.39, 0.29) is 17.6 Å². The number of rotatable bonds is 5. The quantitative estimate of drug-likeness (QED) is 0.579. The largest absolute Gasteiger partial charge is 0.326 e.